The van der Waals surface area contributed by atoms with Crippen LogP contribution in [-0.4, -0.2) is 49.4 Å². The predicted molar refractivity (Wildman–Crippen MR) is 109 cm³/mol. The van der Waals surface area contributed by atoms with E-state index in [4.69, 9.17) is 11.6 Å². The van der Waals surface area contributed by atoms with Crippen molar-refractivity contribution < 1.29 is 14.0 Å². The molecular formula is C21H21ClFN3O2. The van der Waals surface area contributed by atoms with Crippen LogP contribution < -0.4 is 10.2 Å². The molecule has 7 heteroatoms. The Kier molecular flexibility index (Phi) is 6.66. The summed E-state index contributed by atoms with van der Waals surface area (Å²) in [5.74, 6) is -0.971. The average Bonchev–Trinajstić information content (AvgIpc) is 2.72. The molecule has 0 bridgehead atoms. The number of amides is 2. The number of piperazine rings is 1. The number of hydrogen-bond donors (Lipinski definition) is 1. The fraction of sp³-hybridized carbons (Fsp3) is 0.238. The average molecular weight is 402 g/mol. The van der Waals surface area contributed by atoms with E-state index < -0.39 is 11.7 Å². The van der Waals surface area contributed by atoms with Gasteiger partial charge in [0.1, 0.15) is 5.82 Å². The van der Waals surface area contributed by atoms with Crippen molar-refractivity contribution in [3.05, 3.63) is 71.0 Å². The minimum atomic E-state index is -0.434. The topological polar surface area (TPSA) is 52.7 Å². The SMILES string of the molecule is O=C(/C=C/c1ccccc1F)NCC(=O)N1CCN(c2ccc(Cl)cc2)CC1. The fourth-order valence-electron chi connectivity index (χ4n) is 2.98. The lowest BCUT2D eigenvalue weighted by Gasteiger charge is -2.36. The molecule has 3 rings (SSSR count). The van der Waals surface area contributed by atoms with E-state index in [1.54, 1.807) is 23.1 Å². The molecule has 5 nitrogen and oxygen atoms in total. The predicted octanol–water partition coefficient (Wildman–Crippen LogP) is 2.96. The van der Waals surface area contributed by atoms with Gasteiger partial charge < -0.3 is 15.1 Å². The van der Waals surface area contributed by atoms with Crippen LogP contribution >= 0.6 is 11.6 Å². The Bertz CT molecular complexity index is 862. The molecule has 1 fully saturated rings. The van der Waals surface area contributed by atoms with Gasteiger partial charge in [-0.15, -0.1) is 0 Å². The van der Waals surface area contributed by atoms with Crippen LogP contribution in [0.2, 0.25) is 5.02 Å². The molecule has 0 aliphatic carbocycles. The van der Waals surface area contributed by atoms with Crippen LogP contribution in [0.15, 0.2) is 54.6 Å². The van der Waals surface area contributed by atoms with Crippen LogP contribution in [0.25, 0.3) is 6.08 Å². The molecule has 0 radical (unpaired) electrons. The molecule has 2 amide bonds. The molecule has 146 valence electrons. The largest absolute Gasteiger partial charge is 0.368 e. The third-order valence-electron chi connectivity index (χ3n) is 4.56. The lowest BCUT2D eigenvalue weighted by Crippen LogP contribution is -2.51. The van der Waals surface area contributed by atoms with Crippen molar-refractivity contribution in [1.82, 2.24) is 10.2 Å². The Hall–Kier alpha value is -2.86. The summed E-state index contributed by atoms with van der Waals surface area (Å²) in [5.41, 5.74) is 1.39. The van der Waals surface area contributed by atoms with Gasteiger partial charge in [-0.25, -0.2) is 4.39 Å². The van der Waals surface area contributed by atoms with E-state index >= 15 is 0 Å². The third kappa shape index (κ3) is 5.33. The van der Waals surface area contributed by atoms with Gasteiger partial charge in [0, 0.05) is 48.5 Å². The number of hydrogen-bond acceptors (Lipinski definition) is 3. The molecule has 2 aromatic rings. The fourth-order valence-corrected chi connectivity index (χ4v) is 3.10. The zero-order valence-electron chi connectivity index (χ0n) is 15.3. The minimum absolute atomic E-state index is 0.0820. The van der Waals surface area contributed by atoms with Crippen LogP contribution in [0.5, 0.6) is 0 Å². The molecule has 1 N–H and O–H groups in total. The summed E-state index contributed by atoms with van der Waals surface area (Å²) in [5, 5.41) is 3.24. The summed E-state index contributed by atoms with van der Waals surface area (Å²) in [6.07, 6.45) is 2.62. The second kappa shape index (κ2) is 9.37. The molecule has 2 aromatic carbocycles. The van der Waals surface area contributed by atoms with Gasteiger partial charge in [0.15, 0.2) is 0 Å². The second-order valence-corrected chi connectivity index (χ2v) is 6.85. The van der Waals surface area contributed by atoms with E-state index in [2.05, 4.69) is 10.2 Å². The Morgan fingerprint density at radius 3 is 2.39 bits per heavy atom. The Balaban J connectivity index is 1.43. The van der Waals surface area contributed by atoms with Gasteiger partial charge in [-0.1, -0.05) is 29.8 Å². The van der Waals surface area contributed by atoms with E-state index in [0.29, 0.717) is 36.8 Å². The molecule has 0 aromatic heterocycles. The summed E-state index contributed by atoms with van der Waals surface area (Å²) in [6, 6.07) is 13.8. The first-order valence-electron chi connectivity index (χ1n) is 9.01. The summed E-state index contributed by atoms with van der Waals surface area (Å²) in [4.78, 5) is 28.1. The van der Waals surface area contributed by atoms with Crippen molar-refractivity contribution in [2.24, 2.45) is 0 Å². The summed E-state index contributed by atoms with van der Waals surface area (Å²) >= 11 is 5.91. The van der Waals surface area contributed by atoms with Gasteiger partial charge in [0.05, 0.1) is 6.54 Å². The molecule has 1 aliphatic heterocycles. The van der Waals surface area contributed by atoms with E-state index in [0.717, 1.165) is 5.69 Å². The number of anilines is 1. The number of halogens is 2. The van der Waals surface area contributed by atoms with Gasteiger partial charge in [0.2, 0.25) is 11.8 Å². The Morgan fingerprint density at radius 2 is 1.71 bits per heavy atom. The van der Waals surface area contributed by atoms with E-state index in [1.807, 2.05) is 24.3 Å². The Labute approximate surface area is 168 Å². The number of nitrogens with zero attached hydrogens (tertiary/aromatic N) is 2. The van der Waals surface area contributed by atoms with E-state index in [9.17, 15) is 14.0 Å². The van der Waals surface area contributed by atoms with Crippen molar-refractivity contribution in [1.29, 1.82) is 0 Å². The van der Waals surface area contributed by atoms with Crippen molar-refractivity contribution in [3.63, 3.8) is 0 Å². The summed E-state index contributed by atoms with van der Waals surface area (Å²) in [6.45, 7) is 2.52. The molecule has 1 saturated heterocycles. The maximum absolute atomic E-state index is 13.5. The van der Waals surface area contributed by atoms with Gasteiger partial charge in [0.25, 0.3) is 0 Å². The zero-order valence-corrected chi connectivity index (χ0v) is 16.0. The first kappa shape index (κ1) is 19.9. The molecule has 0 unspecified atom stereocenters. The quantitative estimate of drug-likeness (QED) is 0.784. The van der Waals surface area contributed by atoms with Crippen molar-refractivity contribution in [3.8, 4) is 0 Å². The number of benzene rings is 2. The molecule has 1 heterocycles. The van der Waals surface area contributed by atoms with Crippen molar-refractivity contribution in [2.75, 3.05) is 37.6 Å². The highest BCUT2D eigenvalue weighted by Gasteiger charge is 2.21. The van der Waals surface area contributed by atoms with Crippen LogP contribution in [0.3, 0.4) is 0 Å². The maximum Gasteiger partial charge on any atom is 0.244 e. The van der Waals surface area contributed by atoms with Crippen LogP contribution in [0, 0.1) is 5.82 Å². The third-order valence-corrected chi connectivity index (χ3v) is 4.81. The second-order valence-electron chi connectivity index (χ2n) is 6.42. The van der Waals surface area contributed by atoms with Gasteiger partial charge in [-0.05, 0) is 36.4 Å². The first-order chi connectivity index (χ1) is 13.5. The van der Waals surface area contributed by atoms with Gasteiger partial charge in [-0.2, -0.15) is 0 Å². The van der Waals surface area contributed by atoms with Crippen LogP contribution in [0.1, 0.15) is 5.56 Å². The highest BCUT2D eigenvalue weighted by Crippen LogP contribution is 2.19. The van der Waals surface area contributed by atoms with E-state index in [1.165, 1.54) is 18.2 Å². The minimum Gasteiger partial charge on any atom is -0.368 e. The molecule has 0 atom stereocenters. The summed E-state index contributed by atoms with van der Waals surface area (Å²) in [7, 11) is 0. The highest BCUT2D eigenvalue weighted by molar-refractivity contribution is 6.30. The van der Waals surface area contributed by atoms with Gasteiger partial charge in [-0.3, -0.25) is 9.59 Å². The number of carbonyl (C=O) groups is 2. The smallest absolute Gasteiger partial charge is 0.244 e. The molecular weight excluding hydrogens is 381 g/mol. The normalized spacial score (nSPS) is 14.4. The molecule has 0 spiro atoms. The van der Waals surface area contributed by atoms with Crippen LogP contribution in [0.4, 0.5) is 10.1 Å². The number of carbonyl (C=O) groups excluding carboxylic acids is 2. The standard InChI is InChI=1S/C21H21ClFN3O2/c22-17-6-8-18(9-7-17)25-11-13-26(14-12-25)21(28)15-24-20(27)10-5-16-3-1-2-4-19(16)23/h1-10H,11-15H2,(H,24,27)/b10-5+. The monoisotopic (exact) mass is 401 g/mol. The zero-order chi connectivity index (χ0) is 19.9. The van der Waals surface area contributed by atoms with E-state index in [-0.39, 0.29) is 12.5 Å². The lowest BCUT2D eigenvalue weighted by molar-refractivity contribution is -0.132. The molecule has 0 saturated carbocycles. The number of nitrogens with one attached hydrogen (secondary N) is 1. The molecule has 28 heavy (non-hydrogen) atoms. The highest BCUT2D eigenvalue weighted by atomic mass is 35.5. The maximum atomic E-state index is 13.5. The molecule has 1 aliphatic rings. The van der Waals surface area contributed by atoms with Gasteiger partial charge >= 0.3 is 0 Å². The summed E-state index contributed by atoms with van der Waals surface area (Å²) < 4.78 is 13.5. The van der Waals surface area contributed by atoms with Crippen LogP contribution in [-0.2, 0) is 9.59 Å². The first-order valence-corrected chi connectivity index (χ1v) is 9.39. The lowest BCUT2D eigenvalue weighted by atomic mass is 10.2. The Morgan fingerprint density at radius 1 is 1.04 bits per heavy atom. The number of rotatable bonds is 5. The van der Waals surface area contributed by atoms with Crippen molar-refractivity contribution >= 4 is 35.2 Å². The van der Waals surface area contributed by atoms with Crippen molar-refractivity contribution in [2.45, 2.75) is 0 Å².